The molecule has 1 saturated heterocycles. The number of ether oxygens (including phenoxy) is 3. The average Bonchev–Trinajstić information content (AvgIpc) is 3.49. The zero-order valence-corrected chi connectivity index (χ0v) is 25.9. The molecule has 238 valence electrons. The van der Waals surface area contributed by atoms with E-state index in [0.717, 1.165) is 17.6 Å². The lowest BCUT2D eigenvalue weighted by Gasteiger charge is -2.59. The van der Waals surface area contributed by atoms with Crippen LogP contribution in [0.4, 0.5) is 10.1 Å². The Balaban J connectivity index is 1.21. The summed E-state index contributed by atoms with van der Waals surface area (Å²) in [7, 11) is 0. The summed E-state index contributed by atoms with van der Waals surface area (Å²) < 4.78 is 34.4. The highest BCUT2D eigenvalue weighted by Gasteiger charge is 2.76. The molecule has 1 aliphatic heterocycles. The fourth-order valence-corrected chi connectivity index (χ4v) is 9.83. The Kier molecular flexibility index (Phi) is 7.30. The number of Topliss-reactive ketones (excluding diaryl/α,β-unsaturated/α-hetero) is 1. The predicted molar refractivity (Wildman–Crippen MR) is 164 cm³/mol. The van der Waals surface area contributed by atoms with Gasteiger partial charge < -0.3 is 30.2 Å². The van der Waals surface area contributed by atoms with Gasteiger partial charge in [-0.3, -0.25) is 9.59 Å². The lowest BCUT2D eigenvalue weighted by atomic mass is 9.46. The molecular formula is C35H37ClFNO7. The maximum atomic E-state index is 15.5. The first kappa shape index (κ1) is 30.6. The van der Waals surface area contributed by atoms with Gasteiger partial charge in [0.2, 0.25) is 0 Å². The fraction of sp³-hybridized carbons (Fsp3) is 0.486. The molecule has 4 N–H and O–H groups in total. The second-order valence-electron chi connectivity index (χ2n) is 13.6. The second-order valence-corrected chi connectivity index (χ2v) is 14.0. The smallest absolute Gasteiger partial charge is 0.193 e. The number of rotatable bonds is 6. The van der Waals surface area contributed by atoms with E-state index in [-0.39, 0.29) is 52.9 Å². The number of anilines is 1. The minimum Gasteiger partial charge on any atom is -0.487 e. The van der Waals surface area contributed by atoms with Crippen molar-refractivity contribution >= 4 is 28.9 Å². The van der Waals surface area contributed by atoms with Gasteiger partial charge in [0, 0.05) is 22.4 Å². The number of benzene rings is 2. The minimum absolute atomic E-state index is 0.00226. The van der Waals surface area contributed by atoms with E-state index in [1.165, 1.54) is 12.1 Å². The van der Waals surface area contributed by atoms with Gasteiger partial charge >= 0.3 is 0 Å². The summed E-state index contributed by atoms with van der Waals surface area (Å²) in [6, 6.07) is 9.81. The molecule has 0 radical (unpaired) electrons. The Hall–Kier alpha value is -3.08. The van der Waals surface area contributed by atoms with Gasteiger partial charge in [-0.05, 0) is 79.5 Å². The first-order valence-corrected chi connectivity index (χ1v) is 15.9. The highest BCUT2D eigenvalue weighted by atomic mass is 35.5. The molecule has 4 fully saturated rings. The van der Waals surface area contributed by atoms with Crippen LogP contribution in [0.2, 0.25) is 5.02 Å². The van der Waals surface area contributed by atoms with Gasteiger partial charge in [-0.2, -0.15) is 0 Å². The van der Waals surface area contributed by atoms with Crippen LogP contribution < -0.4 is 10.5 Å². The summed E-state index contributed by atoms with van der Waals surface area (Å²) in [5, 5.41) is 22.0. The Morgan fingerprint density at radius 3 is 2.80 bits per heavy atom. The van der Waals surface area contributed by atoms with Crippen LogP contribution in [-0.2, 0) is 25.7 Å². The van der Waals surface area contributed by atoms with Gasteiger partial charge in [0.05, 0.1) is 22.8 Å². The van der Waals surface area contributed by atoms with Crippen LogP contribution in [0.3, 0.4) is 0 Å². The number of nitrogen functional groups attached to an aromatic ring is 1. The van der Waals surface area contributed by atoms with Crippen LogP contribution in [0.25, 0.3) is 0 Å². The first-order valence-electron chi connectivity index (χ1n) is 15.5. The van der Waals surface area contributed by atoms with Crippen molar-refractivity contribution in [1.29, 1.82) is 0 Å². The van der Waals surface area contributed by atoms with Crippen molar-refractivity contribution in [3.8, 4) is 5.75 Å². The van der Waals surface area contributed by atoms with Gasteiger partial charge in [0.1, 0.15) is 24.8 Å². The maximum absolute atomic E-state index is 15.5. The van der Waals surface area contributed by atoms with Crippen LogP contribution in [0.1, 0.15) is 56.9 Å². The Labute approximate surface area is 266 Å². The van der Waals surface area contributed by atoms with Crippen LogP contribution in [0, 0.1) is 34.4 Å². The number of aliphatic hydroxyl groups excluding tert-OH is 2. The number of aliphatic hydroxyl groups is 2. The van der Waals surface area contributed by atoms with Crippen molar-refractivity contribution in [3.05, 3.63) is 82.2 Å². The summed E-state index contributed by atoms with van der Waals surface area (Å²) >= 11 is 6.72. The number of nitrogens with two attached hydrogens (primary N) is 1. The molecule has 3 saturated carbocycles. The number of fused-ring (bicyclic) bond motifs is 7. The summed E-state index contributed by atoms with van der Waals surface area (Å²) in [5.74, 6) is -1.35. The highest BCUT2D eigenvalue weighted by Crippen LogP contribution is 2.70. The molecule has 7 rings (SSSR count). The molecule has 5 aliphatic rings. The molecule has 0 unspecified atom stereocenters. The maximum Gasteiger partial charge on any atom is 0.193 e. The van der Waals surface area contributed by atoms with Crippen molar-refractivity contribution in [3.63, 3.8) is 0 Å². The van der Waals surface area contributed by atoms with Crippen LogP contribution >= 0.6 is 11.6 Å². The molecule has 4 aliphatic carbocycles. The number of carbonyl (C=O) groups excluding carboxylic acids is 2. The summed E-state index contributed by atoms with van der Waals surface area (Å²) in [5.41, 5.74) is 5.14. The van der Waals surface area contributed by atoms with E-state index >= 15 is 4.39 Å². The van der Waals surface area contributed by atoms with Crippen molar-refractivity contribution < 1.29 is 38.4 Å². The van der Waals surface area contributed by atoms with Crippen molar-refractivity contribution in [2.24, 2.45) is 28.6 Å². The van der Waals surface area contributed by atoms with Crippen LogP contribution in [-0.4, -0.2) is 46.2 Å². The quantitative estimate of drug-likeness (QED) is 0.367. The molecule has 2 aromatic rings. The third-order valence-corrected chi connectivity index (χ3v) is 11.9. The highest BCUT2D eigenvalue weighted by molar-refractivity contribution is 6.32. The molecule has 2 aromatic carbocycles. The fourth-order valence-electron chi connectivity index (χ4n) is 9.54. The largest absolute Gasteiger partial charge is 0.487 e. The first-order chi connectivity index (χ1) is 21.4. The topological polar surface area (TPSA) is 128 Å². The monoisotopic (exact) mass is 637 g/mol. The number of carbonyl (C=O) groups is 2. The number of allylic oxidation sites excluding steroid dienone is 4. The standard InChI is InChI=1S/C35H37ClFNO7/c1-33-11-10-21(40)13-19(33)6-7-22-23-14-28-35(27(42)16-39,34(23,2)15-25(41)30(22)33)45-32(44-28)29-24(37)8-9-26(31(29)36)43-17-18-4-3-5-20(38)12-18/h3-5,8-13,22-23,25,28,30,32,39,41H,6-7,14-17,38H2,1-2H3/t22-,23-,25-,28+,30+,32+,33-,34-,35+/m0/s1. The van der Waals surface area contributed by atoms with Crippen molar-refractivity contribution in [1.82, 2.24) is 0 Å². The lowest BCUT2D eigenvalue weighted by Crippen LogP contribution is -2.63. The third kappa shape index (κ3) is 4.38. The van der Waals surface area contributed by atoms with Gasteiger partial charge in [0.15, 0.2) is 23.5 Å². The molecule has 1 heterocycles. The number of hydrogen-bond donors (Lipinski definition) is 3. The lowest BCUT2D eigenvalue weighted by molar-refractivity contribution is -0.201. The molecule has 0 amide bonds. The van der Waals surface area contributed by atoms with Crippen LogP contribution in [0.5, 0.6) is 5.75 Å². The minimum atomic E-state index is -1.63. The van der Waals surface area contributed by atoms with Crippen LogP contribution in [0.15, 0.2) is 60.2 Å². The number of ketones is 2. The molecular weight excluding hydrogens is 601 g/mol. The van der Waals surface area contributed by atoms with E-state index in [4.69, 9.17) is 31.5 Å². The Bertz CT molecular complexity index is 1640. The van der Waals surface area contributed by atoms with E-state index in [1.807, 2.05) is 19.1 Å². The molecule has 0 bridgehead atoms. The predicted octanol–water partition coefficient (Wildman–Crippen LogP) is 5.24. The SMILES string of the molecule is C[C@]12C=CC(=O)C=C1CC[C@@H]1[C@@H]2[C@@H](O)C[C@@]2(C)[C@H]1C[C@H]1O[C@@H](c3c(F)ccc(OCc4cccc(N)c4)c3Cl)O[C@]12C(=O)CO. The molecule has 10 heteroatoms. The summed E-state index contributed by atoms with van der Waals surface area (Å²) in [6.07, 6.45) is 4.30. The average molecular weight is 638 g/mol. The number of hydrogen-bond acceptors (Lipinski definition) is 8. The Morgan fingerprint density at radius 1 is 1.24 bits per heavy atom. The molecule has 45 heavy (non-hydrogen) atoms. The zero-order chi connectivity index (χ0) is 31.9. The normalized spacial score (nSPS) is 38.2. The van der Waals surface area contributed by atoms with Gasteiger partial charge in [-0.25, -0.2) is 4.39 Å². The summed E-state index contributed by atoms with van der Waals surface area (Å²) in [6.45, 7) is 3.34. The van der Waals surface area contributed by atoms with Crippen molar-refractivity contribution in [2.45, 2.75) is 70.2 Å². The molecule has 8 nitrogen and oxygen atoms in total. The molecule has 0 aromatic heterocycles. The second kappa shape index (κ2) is 10.7. The van der Waals surface area contributed by atoms with E-state index < -0.39 is 53.1 Å². The van der Waals surface area contributed by atoms with Gasteiger partial charge in [-0.1, -0.05) is 49.2 Å². The zero-order valence-electron chi connectivity index (χ0n) is 25.2. The van der Waals surface area contributed by atoms with E-state index in [2.05, 4.69) is 6.92 Å². The number of halogens is 2. The Morgan fingerprint density at radius 2 is 2.04 bits per heavy atom. The molecule has 9 atom stereocenters. The van der Waals surface area contributed by atoms with E-state index in [9.17, 15) is 19.8 Å². The van der Waals surface area contributed by atoms with Gasteiger partial charge in [0.25, 0.3) is 0 Å². The molecule has 0 spiro atoms. The third-order valence-electron chi connectivity index (χ3n) is 11.5. The van der Waals surface area contributed by atoms with Crippen molar-refractivity contribution in [2.75, 3.05) is 12.3 Å². The van der Waals surface area contributed by atoms with E-state index in [0.29, 0.717) is 18.5 Å². The van der Waals surface area contributed by atoms with E-state index in [1.54, 1.807) is 30.4 Å². The summed E-state index contributed by atoms with van der Waals surface area (Å²) in [4.78, 5) is 26.0. The van der Waals surface area contributed by atoms with Gasteiger partial charge in [-0.15, -0.1) is 0 Å².